The number of amides is 2. The Bertz CT molecular complexity index is 688. The number of aliphatic carboxylic acids is 1. The van der Waals surface area contributed by atoms with E-state index in [1.807, 2.05) is 6.07 Å². The summed E-state index contributed by atoms with van der Waals surface area (Å²) >= 11 is 1.61. The second-order valence-electron chi connectivity index (χ2n) is 6.89. The molecule has 2 amide bonds. The molecule has 26 heavy (non-hydrogen) atoms. The minimum absolute atomic E-state index is 0.0559. The summed E-state index contributed by atoms with van der Waals surface area (Å²) in [6.07, 6.45) is 4.53. The number of carboxylic acid groups (broad SMARTS) is 1. The van der Waals surface area contributed by atoms with Gasteiger partial charge in [0.15, 0.2) is 0 Å². The number of carboxylic acids is 1. The summed E-state index contributed by atoms with van der Waals surface area (Å²) in [6, 6.07) is 6.80. The first-order valence-electron chi connectivity index (χ1n) is 9.04. The number of rotatable bonds is 6. The van der Waals surface area contributed by atoms with Gasteiger partial charge in [0.05, 0.1) is 5.88 Å². The van der Waals surface area contributed by atoms with Gasteiger partial charge in [0.1, 0.15) is 6.04 Å². The number of nitrogens with one attached hydrogen (secondary N) is 1. The summed E-state index contributed by atoms with van der Waals surface area (Å²) < 4.78 is 0. The van der Waals surface area contributed by atoms with E-state index in [4.69, 9.17) is 5.11 Å². The number of benzene rings is 1. The molecule has 0 bridgehead atoms. The maximum Gasteiger partial charge on any atom is 0.303 e. The number of nitrogens with zero attached hydrogens (tertiary/aromatic N) is 1. The highest BCUT2D eigenvalue weighted by Crippen LogP contribution is 2.31. The van der Waals surface area contributed by atoms with Gasteiger partial charge >= 0.3 is 5.97 Å². The molecule has 1 atom stereocenters. The smallest absolute Gasteiger partial charge is 0.303 e. The molecule has 2 fully saturated rings. The van der Waals surface area contributed by atoms with Crippen molar-refractivity contribution in [3.8, 4) is 0 Å². The van der Waals surface area contributed by atoms with Gasteiger partial charge in [0.25, 0.3) is 0 Å². The molecule has 1 aliphatic carbocycles. The van der Waals surface area contributed by atoms with Gasteiger partial charge in [-0.25, -0.2) is 0 Å². The van der Waals surface area contributed by atoms with Crippen molar-refractivity contribution >= 4 is 35.2 Å². The topological polar surface area (TPSA) is 86.7 Å². The lowest BCUT2D eigenvalue weighted by molar-refractivity contribution is -0.139. The molecule has 0 aromatic heterocycles. The van der Waals surface area contributed by atoms with E-state index in [0.717, 1.165) is 31.2 Å². The summed E-state index contributed by atoms with van der Waals surface area (Å²) in [5.41, 5.74) is 1.51. The molecule has 1 unspecified atom stereocenters. The van der Waals surface area contributed by atoms with Crippen LogP contribution in [0.3, 0.4) is 0 Å². The Labute approximate surface area is 157 Å². The van der Waals surface area contributed by atoms with Gasteiger partial charge in [0, 0.05) is 23.8 Å². The largest absolute Gasteiger partial charge is 0.481 e. The van der Waals surface area contributed by atoms with Crippen LogP contribution in [0, 0.1) is 5.92 Å². The fraction of sp³-hybridized carbons (Fsp3) is 0.526. The Morgan fingerprint density at radius 3 is 2.73 bits per heavy atom. The zero-order valence-corrected chi connectivity index (χ0v) is 15.5. The third kappa shape index (κ3) is 4.58. The third-order valence-corrected chi connectivity index (χ3v) is 6.01. The van der Waals surface area contributed by atoms with Crippen LogP contribution >= 0.6 is 11.8 Å². The van der Waals surface area contributed by atoms with Gasteiger partial charge in [-0.3, -0.25) is 14.4 Å². The maximum absolute atomic E-state index is 12.7. The zero-order chi connectivity index (χ0) is 18.5. The van der Waals surface area contributed by atoms with Crippen LogP contribution in [-0.2, 0) is 20.8 Å². The molecule has 3 rings (SSSR count). The van der Waals surface area contributed by atoms with Crippen LogP contribution in [0.25, 0.3) is 0 Å². The van der Waals surface area contributed by atoms with Crippen molar-refractivity contribution in [2.45, 2.75) is 44.6 Å². The summed E-state index contributed by atoms with van der Waals surface area (Å²) in [7, 11) is 0. The first-order valence-corrected chi connectivity index (χ1v) is 10.2. The summed E-state index contributed by atoms with van der Waals surface area (Å²) in [6.45, 7) is 0. The normalized spacial score (nSPS) is 20.3. The fourth-order valence-corrected chi connectivity index (χ4v) is 4.73. The molecule has 6 nitrogen and oxygen atoms in total. The molecule has 7 heteroatoms. The molecule has 1 heterocycles. The Hall–Kier alpha value is -2.02. The SMILES string of the molecule is O=C(O)CCc1cccc(NC(=O)C2CSCN2C(=O)C2CCCC2)c1. The van der Waals surface area contributed by atoms with Crippen LogP contribution in [0.1, 0.15) is 37.7 Å². The standard InChI is InChI=1S/C19H24N2O4S/c22-17(23)9-8-13-4-3-7-15(10-13)20-18(24)16-11-26-12-21(16)19(25)14-5-1-2-6-14/h3-4,7,10,14,16H,1-2,5-6,8-9,11-12H2,(H,20,24)(H,22,23). The molecule has 2 N–H and O–H groups in total. The van der Waals surface area contributed by atoms with Gasteiger partial charge in [-0.2, -0.15) is 0 Å². The summed E-state index contributed by atoms with van der Waals surface area (Å²) in [5.74, 6) is 0.362. The van der Waals surface area contributed by atoms with Crippen molar-refractivity contribution in [3.05, 3.63) is 29.8 Å². The van der Waals surface area contributed by atoms with E-state index in [0.29, 0.717) is 23.7 Å². The summed E-state index contributed by atoms with van der Waals surface area (Å²) in [4.78, 5) is 37.8. The number of hydrogen-bond donors (Lipinski definition) is 2. The van der Waals surface area contributed by atoms with Gasteiger partial charge in [-0.1, -0.05) is 25.0 Å². The van der Waals surface area contributed by atoms with Crippen LogP contribution in [0.2, 0.25) is 0 Å². The Kier molecular flexibility index (Phi) is 6.19. The molecule has 1 aliphatic heterocycles. The Balaban J connectivity index is 1.62. The number of thioether (sulfide) groups is 1. The van der Waals surface area contributed by atoms with Crippen LogP contribution in [0.15, 0.2) is 24.3 Å². The summed E-state index contributed by atoms with van der Waals surface area (Å²) in [5, 5.41) is 11.7. The molecule has 1 saturated heterocycles. The van der Waals surface area contributed by atoms with Crippen LogP contribution in [-0.4, -0.2) is 45.5 Å². The molecule has 1 saturated carbocycles. The first-order chi connectivity index (χ1) is 12.5. The van der Waals surface area contributed by atoms with Crippen molar-refractivity contribution in [1.29, 1.82) is 0 Å². The highest BCUT2D eigenvalue weighted by Gasteiger charge is 2.38. The van der Waals surface area contributed by atoms with Gasteiger partial charge in [-0.05, 0) is 37.0 Å². The van der Waals surface area contributed by atoms with E-state index < -0.39 is 12.0 Å². The minimum atomic E-state index is -0.844. The number of carbonyl (C=O) groups excluding carboxylic acids is 2. The van der Waals surface area contributed by atoms with E-state index in [2.05, 4.69) is 5.32 Å². The van der Waals surface area contributed by atoms with E-state index in [1.165, 1.54) is 0 Å². The number of carbonyl (C=O) groups is 3. The molecule has 1 aromatic carbocycles. The molecule has 1 aromatic rings. The molecular formula is C19H24N2O4S. The van der Waals surface area contributed by atoms with Crippen LogP contribution in [0.4, 0.5) is 5.69 Å². The van der Waals surface area contributed by atoms with E-state index in [9.17, 15) is 14.4 Å². The quantitative estimate of drug-likeness (QED) is 0.797. The number of aryl methyl sites for hydroxylation is 1. The van der Waals surface area contributed by atoms with Crippen molar-refractivity contribution in [2.24, 2.45) is 5.92 Å². The van der Waals surface area contributed by atoms with Crippen molar-refractivity contribution in [1.82, 2.24) is 4.90 Å². The van der Waals surface area contributed by atoms with Crippen molar-refractivity contribution < 1.29 is 19.5 Å². The predicted octanol–water partition coefficient (Wildman–Crippen LogP) is 2.73. The second kappa shape index (κ2) is 8.58. The highest BCUT2D eigenvalue weighted by molar-refractivity contribution is 7.99. The average Bonchev–Trinajstić information content (AvgIpc) is 3.31. The number of hydrogen-bond acceptors (Lipinski definition) is 4. The maximum atomic E-state index is 12.7. The van der Waals surface area contributed by atoms with Gasteiger partial charge in [0.2, 0.25) is 11.8 Å². The lowest BCUT2D eigenvalue weighted by Crippen LogP contribution is -2.46. The monoisotopic (exact) mass is 376 g/mol. The average molecular weight is 376 g/mol. The van der Waals surface area contributed by atoms with Crippen molar-refractivity contribution in [2.75, 3.05) is 16.9 Å². The van der Waals surface area contributed by atoms with E-state index >= 15 is 0 Å². The van der Waals surface area contributed by atoms with Gasteiger partial charge in [-0.15, -0.1) is 11.8 Å². The molecule has 0 radical (unpaired) electrons. The highest BCUT2D eigenvalue weighted by atomic mass is 32.2. The lowest BCUT2D eigenvalue weighted by Gasteiger charge is -2.25. The molecule has 0 spiro atoms. The third-order valence-electron chi connectivity index (χ3n) is 4.99. The zero-order valence-electron chi connectivity index (χ0n) is 14.6. The van der Waals surface area contributed by atoms with E-state index in [1.54, 1.807) is 34.9 Å². The van der Waals surface area contributed by atoms with Crippen LogP contribution < -0.4 is 5.32 Å². The second-order valence-corrected chi connectivity index (χ2v) is 7.89. The Morgan fingerprint density at radius 2 is 2.00 bits per heavy atom. The minimum Gasteiger partial charge on any atom is -0.481 e. The lowest BCUT2D eigenvalue weighted by atomic mass is 10.1. The predicted molar refractivity (Wildman–Crippen MR) is 101 cm³/mol. The molecule has 140 valence electrons. The fourth-order valence-electron chi connectivity index (χ4n) is 3.57. The number of anilines is 1. The molecular weight excluding hydrogens is 352 g/mol. The van der Waals surface area contributed by atoms with Crippen LogP contribution in [0.5, 0.6) is 0 Å². The van der Waals surface area contributed by atoms with Gasteiger partial charge < -0.3 is 15.3 Å². The van der Waals surface area contributed by atoms with E-state index in [-0.39, 0.29) is 24.2 Å². The Morgan fingerprint density at radius 1 is 1.23 bits per heavy atom. The van der Waals surface area contributed by atoms with Crippen molar-refractivity contribution in [3.63, 3.8) is 0 Å². The first kappa shape index (κ1) is 18.8. The molecule has 2 aliphatic rings.